The van der Waals surface area contributed by atoms with Crippen molar-refractivity contribution in [3.63, 3.8) is 0 Å². The third-order valence-electron chi connectivity index (χ3n) is 2.77. The average Bonchev–Trinajstić information content (AvgIpc) is 2.38. The first-order valence-electron chi connectivity index (χ1n) is 6.39. The van der Waals surface area contributed by atoms with Crippen LogP contribution < -0.4 is 10.0 Å². The molecule has 1 atom stereocenters. The van der Waals surface area contributed by atoms with Crippen molar-refractivity contribution in [3.8, 4) is 0 Å². The molecule has 1 aromatic carbocycles. The Hall–Kier alpha value is -1.11. The smallest absolute Gasteiger partial charge is 0.240 e. The van der Waals surface area contributed by atoms with E-state index in [0.717, 1.165) is 6.42 Å². The van der Waals surface area contributed by atoms with Gasteiger partial charge in [-0.1, -0.05) is 24.6 Å². The summed E-state index contributed by atoms with van der Waals surface area (Å²) in [5, 5.41) is 3.12. The summed E-state index contributed by atoms with van der Waals surface area (Å²) in [5.74, 6) is -0.173. The number of benzene rings is 1. The summed E-state index contributed by atoms with van der Waals surface area (Å²) < 4.78 is 26.3. The highest BCUT2D eigenvalue weighted by molar-refractivity contribution is 7.89. The van der Waals surface area contributed by atoms with Gasteiger partial charge in [0, 0.05) is 24.0 Å². The second-order valence-corrected chi connectivity index (χ2v) is 6.69. The van der Waals surface area contributed by atoms with Crippen LogP contribution in [0.3, 0.4) is 0 Å². The van der Waals surface area contributed by atoms with Gasteiger partial charge in [0.2, 0.25) is 15.9 Å². The van der Waals surface area contributed by atoms with Gasteiger partial charge in [0.1, 0.15) is 0 Å². The molecule has 0 aliphatic rings. The lowest BCUT2D eigenvalue weighted by Gasteiger charge is -2.11. The zero-order chi connectivity index (χ0) is 15.2. The van der Waals surface area contributed by atoms with Gasteiger partial charge in [-0.2, -0.15) is 0 Å². The molecule has 0 heterocycles. The van der Waals surface area contributed by atoms with Crippen molar-refractivity contribution in [2.45, 2.75) is 37.6 Å². The Morgan fingerprint density at radius 2 is 2.10 bits per heavy atom. The van der Waals surface area contributed by atoms with Crippen LogP contribution in [0.15, 0.2) is 29.2 Å². The Labute approximate surface area is 124 Å². The van der Waals surface area contributed by atoms with Gasteiger partial charge in [-0.15, -0.1) is 0 Å². The van der Waals surface area contributed by atoms with E-state index in [1.54, 1.807) is 12.1 Å². The highest BCUT2D eigenvalue weighted by Gasteiger charge is 2.14. The monoisotopic (exact) mass is 318 g/mol. The summed E-state index contributed by atoms with van der Waals surface area (Å²) in [6.07, 6.45) is 0.935. The molecule has 5 nitrogen and oxygen atoms in total. The summed E-state index contributed by atoms with van der Waals surface area (Å²) in [4.78, 5) is 11.6. The highest BCUT2D eigenvalue weighted by Crippen LogP contribution is 2.14. The molecule has 1 amide bonds. The third-order valence-corrected chi connectivity index (χ3v) is 4.46. The minimum Gasteiger partial charge on any atom is -0.354 e. The Kier molecular flexibility index (Phi) is 6.45. The van der Waals surface area contributed by atoms with Crippen molar-refractivity contribution >= 4 is 27.5 Å². The number of nitrogens with one attached hydrogen (secondary N) is 2. The van der Waals surface area contributed by atoms with Crippen LogP contribution in [0.4, 0.5) is 0 Å². The molecule has 0 bridgehead atoms. The molecule has 0 fully saturated rings. The van der Waals surface area contributed by atoms with E-state index in [9.17, 15) is 13.2 Å². The standard InChI is InChI=1S/C13H19ClN2O3S/c1-3-10(2)16-13(17)7-8-15-20(18,19)12-6-4-5-11(14)9-12/h4-6,9-10,15H,3,7-8H2,1-2H3,(H,16,17). The van der Waals surface area contributed by atoms with E-state index in [4.69, 9.17) is 11.6 Å². The van der Waals surface area contributed by atoms with Crippen molar-refractivity contribution in [1.82, 2.24) is 10.0 Å². The fourth-order valence-corrected chi connectivity index (χ4v) is 2.80. The molecular formula is C13H19ClN2O3S. The second kappa shape index (κ2) is 7.61. The maximum absolute atomic E-state index is 11.9. The van der Waals surface area contributed by atoms with Crippen molar-refractivity contribution in [2.75, 3.05) is 6.54 Å². The number of sulfonamides is 1. The zero-order valence-electron chi connectivity index (χ0n) is 11.5. The molecule has 7 heteroatoms. The number of hydrogen-bond acceptors (Lipinski definition) is 3. The van der Waals surface area contributed by atoms with Crippen LogP contribution in [0.1, 0.15) is 26.7 Å². The van der Waals surface area contributed by atoms with Crippen LogP contribution in [0.5, 0.6) is 0 Å². The summed E-state index contributed by atoms with van der Waals surface area (Å²) >= 11 is 5.75. The lowest BCUT2D eigenvalue weighted by Crippen LogP contribution is -2.35. The molecule has 0 saturated heterocycles. The molecule has 0 saturated carbocycles. The fourth-order valence-electron chi connectivity index (χ4n) is 1.47. The van der Waals surface area contributed by atoms with Gasteiger partial charge in [-0.3, -0.25) is 4.79 Å². The van der Waals surface area contributed by atoms with E-state index in [2.05, 4.69) is 10.0 Å². The van der Waals surface area contributed by atoms with Crippen LogP contribution in [-0.2, 0) is 14.8 Å². The van der Waals surface area contributed by atoms with Gasteiger partial charge >= 0.3 is 0 Å². The summed E-state index contributed by atoms with van der Waals surface area (Å²) in [6.45, 7) is 3.91. The maximum atomic E-state index is 11.9. The van der Waals surface area contributed by atoms with E-state index >= 15 is 0 Å². The van der Waals surface area contributed by atoms with Gasteiger partial charge in [0.15, 0.2) is 0 Å². The summed E-state index contributed by atoms with van der Waals surface area (Å²) in [7, 11) is -3.63. The maximum Gasteiger partial charge on any atom is 0.240 e. The Bertz CT molecular complexity index is 560. The Balaban J connectivity index is 2.51. The van der Waals surface area contributed by atoms with Gasteiger partial charge in [-0.05, 0) is 31.5 Å². The lowest BCUT2D eigenvalue weighted by atomic mass is 10.2. The Morgan fingerprint density at radius 3 is 2.70 bits per heavy atom. The molecule has 0 aliphatic carbocycles. The topological polar surface area (TPSA) is 75.3 Å². The first-order valence-corrected chi connectivity index (χ1v) is 8.26. The number of carbonyl (C=O) groups excluding carboxylic acids is 1. The minimum atomic E-state index is -3.63. The summed E-state index contributed by atoms with van der Waals surface area (Å²) in [5.41, 5.74) is 0. The van der Waals surface area contributed by atoms with E-state index in [1.807, 2.05) is 13.8 Å². The van der Waals surface area contributed by atoms with Gasteiger partial charge in [0.25, 0.3) is 0 Å². The van der Waals surface area contributed by atoms with E-state index < -0.39 is 10.0 Å². The quantitative estimate of drug-likeness (QED) is 0.806. The molecule has 2 N–H and O–H groups in total. The van der Waals surface area contributed by atoms with Gasteiger partial charge < -0.3 is 5.32 Å². The van der Waals surface area contributed by atoms with E-state index in [1.165, 1.54) is 12.1 Å². The van der Waals surface area contributed by atoms with Crippen LogP contribution in [0.2, 0.25) is 5.02 Å². The summed E-state index contributed by atoms with van der Waals surface area (Å²) in [6, 6.07) is 6.07. The van der Waals surface area contributed by atoms with Crippen molar-refractivity contribution in [1.29, 1.82) is 0 Å². The van der Waals surface area contributed by atoms with Crippen molar-refractivity contribution in [3.05, 3.63) is 29.3 Å². The molecule has 0 radical (unpaired) electrons. The van der Waals surface area contributed by atoms with Crippen LogP contribution >= 0.6 is 11.6 Å². The second-order valence-electron chi connectivity index (χ2n) is 4.48. The largest absolute Gasteiger partial charge is 0.354 e. The minimum absolute atomic E-state index is 0.0527. The molecule has 0 aliphatic heterocycles. The molecular weight excluding hydrogens is 300 g/mol. The van der Waals surface area contributed by atoms with Crippen LogP contribution in [-0.4, -0.2) is 26.9 Å². The third kappa shape index (κ3) is 5.48. The normalized spacial score (nSPS) is 12.9. The SMILES string of the molecule is CCC(C)NC(=O)CCNS(=O)(=O)c1cccc(Cl)c1. The molecule has 112 valence electrons. The first kappa shape index (κ1) is 16.9. The number of rotatable bonds is 7. The molecule has 1 aromatic rings. The lowest BCUT2D eigenvalue weighted by molar-refractivity contribution is -0.121. The van der Waals surface area contributed by atoms with E-state index in [0.29, 0.717) is 5.02 Å². The zero-order valence-corrected chi connectivity index (χ0v) is 13.1. The van der Waals surface area contributed by atoms with Crippen molar-refractivity contribution in [2.24, 2.45) is 0 Å². The predicted molar refractivity (Wildman–Crippen MR) is 79.2 cm³/mol. The number of carbonyl (C=O) groups is 1. The molecule has 1 unspecified atom stereocenters. The number of amides is 1. The number of halogens is 1. The molecule has 1 rings (SSSR count). The Morgan fingerprint density at radius 1 is 1.40 bits per heavy atom. The van der Waals surface area contributed by atoms with Gasteiger partial charge in [0.05, 0.1) is 4.90 Å². The number of hydrogen-bond donors (Lipinski definition) is 2. The molecule has 0 aromatic heterocycles. The van der Waals surface area contributed by atoms with E-state index in [-0.39, 0.29) is 29.8 Å². The van der Waals surface area contributed by atoms with Crippen LogP contribution in [0.25, 0.3) is 0 Å². The van der Waals surface area contributed by atoms with Crippen molar-refractivity contribution < 1.29 is 13.2 Å². The first-order chi connectivity index (χ1) is 9.35. The predicted octanol–water partition coefficient (Wildman–Crippen LogP) is 1.92. The molecule has 20 heavy (non-hydrogen) atoms. The highest BCUT2D eigenvalue weighted by atomic mass is 35.5. The molecule has 0 spiro atoms. The van der Waals surface area contributed by atoms with Gasteiger partial charge in [-0.25, -0.2) is 13.1 Å². The van der Waals surface area contributed by atoms with Crippen LogP contribution in [0, 0.1) is 0 Å². The fraction of sp³-hybridized carbons (Fsp3) is 0.462. The average molecular weight is 319 g/mol.